The molecular formula is C9H11Cl2N. The second-order valence-electron chi connectivity index (χ2n) is 2.86. The highest BCUT2D eigenvalue weighted by molar-refractivity contribution is 6.32. The number of aromatic nitrogens is 1. The van der Waals surface area contributed by atoms with Crippen molar-refractivity contribution >= 4 is 23.2 Å². The van der Waals surface area contributed by atoms with Crippen LogP contribution in [0.4, 0.5) is 0 Å². The molecule has 0 spiro atoms. The van der Waals surface area contributed by atoms with Crippen LogP contribution in [0.5, 0.6) is 0 Å². The summed E-state index contributed by atoms with van der Waals surface area (Å²) in [6, 6.07) is 3.73. The molecule has 1 atom stereocenters. The predicted octanol–water partition coefficient (Wildman–Crippen LogP) is 3.90. The van der Waals surface area contributed by atoms with Gasteiger partial charge in [0.2, 0.25) is 0 Å². The molecular weight excluding hydrogens is 193 g/mol. The molecule has 0 saturated carbocycles. The van der Waals surface area contributed by atoms with Crippen LogP contribution in [-0.2, 0) is 0 Å². The highest BCUT2D eigenvalue weighted by Gasteiger charge is 2.05. The molecule has 1 aromatic rings. The van der Waals surface area contributed by atoms with Crippen molar-refractivity contribution in [3.8, 4) is 0 Å². The van der Waals surface area contributed by atoms with Gasteiger partial charge in [0.05, 0.1) is 0 Å². The Balaban J connectivity index is 3.00. The van der Waals surface area contributed by atoms with E-state index in [0.717, 1.165) is 12.0 Å². The number of hydrogen-bond donors (Lipinski definition) is 0. The number of rotatable bonds is 2. The Morgan fingerprint density at radius 1 is 1.33 bits per heavy atom. The zero-order valence-corrected chi connectivity index (χ0v) is 8.65. The van der Waals surface area contributed by atoms with E-state index in [-0.39, 0.29) is 0 Å². The third kappa shape index (κ3) is 2.36. The van der Waals surface area contributed by atoms with E-state index >= 15 is 0 Å². The Morgan fingerprint density at radius 3 is 2.25 bits per heavy atom. The van der Waals surface area contributed by atoms with Gasteiger partial charge in [0.25, 0.3) is 0 Å². The Bertz CT molecular complexity index is 253. The van der Waals surface area contributed by atoms with Crippen LogP contribution >= 0.6 is 23.2 Å². The summed E-state index contributed by atoms with van der Waals surface area (Å²) in [6.45, 7) is 4.27. The van der Waals surface area contributed by atoms with Crippen molar-refractivity contribution in [2.45, 2.75) is 26.2 Å². The lowest BCUT2D eigenvalue weighted by Crippen LogP contribution is -1.92. The summed E-state index contributed by atoms with van der Waals surface area (Å²) < 4.78 is 0. The van der Waals surface area contributed by atoms with Gasteiger partial charge in [0, 0.05) is 0 Å². The van der Waals surface area contributed by atoms with E-state index < -0.39 is 0 Å². The summed E-state index contributed by atoms with van der Waals surface area (Å²) >= 11 is 11.5. The Hall–Kier alpha value is -0.270. The van der Waals surface area contributed by atoms with E-state index in [0.29, 0.717) is 16.2 Å². The molecule has 0 amide bonds. The van der Waals surface area contributed by atoms with Gasteiger partial charge in [-0.15, -0.1) is 0 Å². The quantitative estimate of drug-likeness (QED) is 0.665. The molecule has 1 heterocycles. The van der Waals surface area contributed by atoms with Crippen LogP contribution in [0.25, 0.3) is 0 Å². The largest absolute Gasteiger partial charge is 0.224 e. The molecule has 0 N–H and O–H groups in total. The van der Waals surface area contributed by atoms with Crippen LogP contribution in [0.1, 0.15) is 31.7 Å². The summed E-state index contributed by atoms with van der Waals surface area (Å²) in [7, 11) is 0. The monoisotopic (exact) mass is 203 g/mol. The normalized spacial score (nSPS) is 13.0. The van der Waals surface area contributed by atoms with E-state index in [1.54, 1.807) is 0 Å². The summed E-state index contributed by atoms with van der Waals surface area (Å²) in [5, 5.41) is 0.940. The molecule has 0 aromatic carbocycles. The minimum atomic E-state index is 0.470. The topological polar surface area (TPSA) is 12.9 Å². The molecule has 1 rings (SSSR count). The van der Waals surface area contributed by atoms with Crippen LogP contribution in [-0.4, -0.2) is 4.98 Å². The van der Waals surface area contributed by atoms with Crippen LogP contribution in [0, 0.1) is 0 Å². The second-order valence-corrected chi connectivity index (χ2v) is 3.63. The standard InChI is InChI=1S/C9H11Cl2N/c1-3-6(2)7-4-8(10)12-9(11)5-7/h4-6H,3H2,1-2H3. The molecule has 0 aliphatic carbocycles. The first kappa shape index (κ1) is 9.82. The maximum absolute atomic E-state index is 5.76. The fourth-order valence-corrected chi connectivity index (χ4v) is 1.48. The molecule has 1 unspecified atom stereocenters. The van der Waals surface area contributed by atoms with Gasteiger partial charge in [-0.25, -0.2) is 4.98 Å². The molecule has 1 aromatic heterocycles. The smallest absolute Gasteiger partial charge is 0.131 e. The SMILES string of the molecule is CCC(C)c1cc(Cl)nc(Cl)c1. The van der Waals surface area contributed by atoms with Crippen LogP contribution in [0.2, 0.25) is 10.3 Å². The third-order valence-electron chi connectivity index (χ3n) is 1.97. The van der Waals surface area contributed by atoms with Crippen LogP contribution in [0.3, 0.4) is 0 Å². The average molecular weight is 204 g/mol. The van der Waals surface area contributed by atoms with Gasteiger partial charge in [-0.05, 0) is 30.0 Å². The molecule has 0 fully saturated rings. The molecule has 66 valence electrons. The van der Waals surface area contributed by atoms with E-state index in [2.05, 4.69) is 18.8 Å². The summed E-state index contributed by atoms with van der Waals surface area (Å²) in [6.07, 6.45) is 1.08. The number of halogens is 2. The highest BCUT2D eigenvalue weighted by Crippen LogP contribution is 2.23. The average Bonchev–Trinajstić information content (AvgIpc) is 2.01. The van der Waals surface area contributed by atoms with Crippen LogP contribution < -0.4 is 0 Å². The van der Waals surface area contributed by atoms with Crippen molar-refractivity contribution in [2.75, 3.05) is 0 Å². The molecule has 0 bridgehead atoms. The van der Waals surface area contributed by atoms with Crippen molar-refractivity contribution in [1.82, 2.24) is 4.98 Å². The second kappa shape index (κ2) is 4.11. The molecule has 1 nitrogen and oxygen atoms in total. The first-order valence-electron chi connectivity index (χ1n) is 3.96. The molecule has 0 radical (unpaired) electrons. The fraction of sp³-hybridized carbons (Fsp3) is 0.444. The highest BCUT2D eigenvalue weighted by atomic mass is 35.5. The zero-order chi connectivity index (χ0) is 9.14. The van der Waals surface area contributed by atoms with E-state index in [1.807, 2.05) is 12.1 Å². The van der Waals surface area contributed by atoms with Gasteiger partial charge in [0.1, 0.15) is 10.3 Å². The lowest BCUT2D eigenvalue weighted by molar-refractivity contribution is 0.732. The Labute approximate surface area is 82.7 Å². The van der Waals surface area contributed by atoms with E-state index in [9.17, 15) is 0 Å². The van der Waals surface area contributed by atoms with Crippen molar-refractivity contribution < 1.29 is 0 Å². The van der Waals surface area contributed by atoms with Gasteiger partial charge in [-0.3, -0.25) is 0 Å². The van der Waals surface area contributed by atoms with Gasteiger partial charge in [-0.1, -0.05) is 37.0 Å². The Morgan fingerprint density at radius 2 is 1.83 bits per heavy atom. The molecule has 12 heavy (non-hydrogen) atoms. The van der Waals surface area contributed by atoms with Crippen LogP contribution in [0.15, 0.2) is 12.1 Å². The van der Waals surface area contributed by atoms with Crippen molar-refractivity contribution in [3.05, 3.63) is 28.0 Å². The van der Waals surface area contributed by atoms with Crippen molar-refractivity contribution in [3.63, 3.8) is 0 Å². The Kier molecular flexibility index (Phi) is 3.36. The van der Waals surface area contributed by atoms with E-state index in [1.165, 1.54) is 0 Å². The van der Waals surface area contributed by atoms with Gasteiger partial charge < -0.3 is 0 Å². The molecule has 0 aliphatic heterocycles. The minimum Gasteiger partial charge on any atom is -0.224 e. The molecule has 0 saturated heterocycles. The summed E-state index contributed by atoms with van der Waals surface area (Å²) in [4.78, 5) is 3.88. The summed E-state index contributed by atoms with van der Waals surface area (Å²) in [5.41, 5.74) is 1.16. The maximum atomic E-state index is 5.76. The predicted molar refractivity (Wildman–Crippen MR) is 53.0 cm³/mol. The lowest BCUT2D eigenvalue weighted by Gasteiger charge is -2.08. The van der Waals surface area contributed by atoms with Gasteiger partial charge >= 0.3 is 0 Å². The number of pyridine rings is 1. The number of nitrogens with zero attached hydrogens (tertiary/aromatic N) is 1. The number of hydrogen-bond acceptors (Lipinski definition) is 1. The van der Waals surface area contributed by atoms with Crippen molar-refractivity contribution in [1.29, 1.82) is 0 Å². The van der Waals surface area contributed by atoms with Gasteiger partial charge in [-0.2, -0.15) is 0 Å². The first-order valence-corrected chi connectivity index (χ1v) is 4.72. The lowest BCUT2D eigenvalue weighted by atomic mass is 10.0. The molecule has 3 heteroatoms. The molecule has 0 aliphatic rings. The van der Waals surface area contributed by atoms with Gasteiger partial charge in [0.15, 0.2) is 0 Å². The van der Waals surface area contributed by atoms with E-state index in [4.69, 9.17) is 23.2 Å². The minimum absolute atomic E-state index is 0.470. The first-order chi connectivity index (χ1) is 5.63. The van der Waals surface area contributed by atoms with Crippen molar-refractivity contribution in [2.24, 2.45) is 0 Å². The zero-order valence-electron chi connectivity index (χ0n) is 7.14. The third-order valence-corrected chi connectivity index (χ3v) is 2.35. The fourth-order valence-electron chi connectivity index (χ4n) is 1.00. The summed E-state index contributed by atoms with van der Waals surface area (Å²) in [5.74, 6) is 0.489. The maximum Gasteiger partial charge on any atom is 0.131 e.